The first kappa shape index (κ1) is 13.2. The van der Waals surface area contributed by atoms with Gasteiger partial charge in [-0.1, -0.05) is 45.3 Å². The molecular weight excluding hydrogens is 286 g/mol. The highest BCUT2D eigenvalue weighted by molar-refractivity contribution is 9.10. The smallest absolute Gasteiger partial charge is 0.0485 e. The van der Waals surface area contributed by atoms with E-state index in [0.29, 0.717) is 6.04 Å². The fourth-order valence-corrected chi connectivity index (χ4v) is 2.40. The van der Waals surface area contributed by atoms with Crippen LogP contribution in [0.2, 0.25) is 0 Å². The van der Waals surface area contributed by atoms with Crippen molar-refractivity contribution < 1.29 is 0 Å². The fourth-order valence-electron chi connectivity index (χ4n) is 2.14. The van der Waals surface area contributed by atoms with Crippen molar-refractivity contribution in [2.45, 2.75) is 26.8 Å². The van der Waals surface area contributed by atoms with E-state index in [0.717, 1.165) is 10.2 Å². The summed E-state index contributed by atoms with van der Waals surface area (Å²) in [6.07, 6.45) is 0. The first-order chi connectivity index (χ1) is 8.54. The lowest BCUT2D eigenvalue weighted by Gasteiger charge is -2.17. The third-order valence-corrected chi connectivity index (χ3v) is 3.50. The molecule has 0 aliphatic heterocycles. The Morgan fingerprint density at radius 3 is 2.06 bits per heavy atom. The van der Waals surface area contributed by atoms with E-state index in [2.05, 4.69) is 84.5 Å². The zero-order chi connectivity index (χ0) is 13.1. The molecule has 1 N–H and O–H groups in total. The molecule has 2 heteroatoms. The molecular formula is C16H18BrN. The Hall–Kier alpha value is -1.28. The van der Waals surface area contributed by atoms with Gasteiger partial charge in [-0.15, -0.1) is 0 Å². The molecule has 0 amide bonds. The number of halogens is 1. The van der Waals surface area contributed by atoms with Gasteiger partial charge in [0.05, 0.1) is 0 Å². The minimum Gasteiger partial charge on any atom is -0.379 e. The van der Waals surface area contributed by atoms with Crippen molar-refractivity contribution in [2.75, 3.05) is 5.32 Å². The van der Waals surface area contributed by atoms with Gasteiger partial charge in [0.2, 0.25) is 0 Å². The van der Waals surface area contributed by atoms with Gasteiger partial charge in [0.15, 0.2) is 0 Å². The second-order valence-corrected chi connectivity index (χ2v) is 5.71. The van der Waals surface area contributed by atoms with Gasteiger partial charge in [0.1, 0.15) is 0 Å². The lowest BCUT2D eigenvalue weighted by atomic mass is 10.0. The molecule has 2 rings (SSSR count). The highest BCUT2D eigenvalue weighted by Gasteiger charge is 2.06. The van der Waals surface area contributed by atoms with Crippen LogP contribution in [0.15, 0.2) is 46.9 Å². The maximum Gasteiger partial charge on any atom is 0.0485 e. The number of nitrogens with one attached hydrogen (secondary N) is 1. The molecule has 2 aromatic carbocycles. The molecule has 0 bridgehead atoms. The predicted molar refractivity (Wildman–Crippen MR) is 82.1 cm³/mol. The number of anilines is 1. The molecule has 18 heavy (non-hydrogen) atoms. The Morgan fingerprint density at radius 2 is 1.50 bits per heavy atom. The summed E-state index contributed by atoms with van der Waals surface area (Å²) in [6.45, 7) is 6.47. The molecule has 0 aromatic heterocycles. The maximum atomic E-state index is 3.52. The molecule has 94 valence electrons. The molecule has 0 heterocycles. The molecule has 0 aliphatic carbocycles. The van der Waals surface area contributed by atoms with Gasteiger partial charge in [-0.25, -0.2) is 0 Å². The maximum absolute atomic E-state index is 3.52. The molecule has 1 atom stereocenters. The number of benzene rings is 2. The van der Waals surface area contributed by atoms with E-state index in [1.54, 1.807) is 0 Å². The van der Waals surface area contributed by atoms with Gasteiger partial charge in [-0.2, -0.15) is 0 Å². The third kappa shape index (κ3) is 3.36. The lowest BCUT2D eigenvalue weighted by molar-refractivity contribution is 0.881. The first-order valence-corrected chi connectivity index (χ1v) is 6.94. The van der Waals surface area contributed by atoms with E-state index in [1.165, 1.54) is 16.7 Å². The zero-order valence-corrected chi connectivity index (χ0v) is 12.6. The van der Waals surface area contributed by atoms with Crippen molar-refractivity contribution >= 4 is 21.6 Å². The van der Waals surface area contributed by atoms with Crippen molar-refractivity contribution in [3.63, 3.8) is 0 Å². The summed E-state index contributed by atoms with van der Waals surface area (Å²) in [5.41, 5.74) is 5.10. The van der Waals surface area contributed by atoms with Crippen molar-refractivity contribution in [3.8, 4) is 0 Å². The summed E-state index contributed by atoms with van der Waals surface area (Å²) in [5, 5.41) is 3.52. The number of hydrogen-bond acceptors (Lipinski definition) is 1. The minimum absolute atomic E-state index is 0.310. The van der Waals surface area contributed by atoms with Crippen molar-refractivity contribution in [2.24, 2.45) is 0 Å². The van der Waals surface area contributed by atoms with Crippen LogP contribution < -0.4 is 5.32 Å². The van der Waals surface area contributed by atoms with E-state index in [4.69, 9.17) is 0 Å². The average Bonchev–Trinajstić information content (AvgIpc) is 2.31. The standard InChI is InChI=1S/C16H18BrN/c1-11-8-12(2)10-14(9-11)13(3)18-16-6-4-15(17)5-7-16/h4-10,13,18H,1-3H3. The third-order valence-electron chi connectivity index (χ3n) is 2.97. The van der Waals surface area contributed by atoms with Crippen LogP contribution in [-0.2, 0) is 0 Å². The molecule has 0 aliphatic rings. The number of rotatable bonds is 3. The summed E-state index contributed by atoms with van der Waals surface area (Å²) in [6, 6.07) is 15.3. The molecule has 0 saturated heterocycles. The van der Waals surface area contributed by atoms with Gasteiger partial charge in [-0.3, -0.25) is 0 Å². The minimum atomic E-state index is 0.310. The number of aryl methyl sites for hydroxylation is 2. The van der Waals surface area contributed by atoms with Crippen LogP contribution in [0.25, 0.3) is 0 Å². The Labute approximate surface area is 117 Å². The summed E-state index contributed by atoms with van der Waals surface area (Å²) in [5.74, 6) is 0. The fraction of sp³-hybridized carbons (Fsp3) is 0.250. The van der Waals surface area contributed by atoms with Gasteiger partial charge in [0.25, 0.3) is 0 Å². The second kappa shape index (κ2) is 5.57. The van der Waals surface area contributed by atoms with E-state index in [-0.39, 0.29) is 0 Å². The monoisotopic (exact) mass is 303 g/mol. The zero-order valence-electron chi connectivity index (χ0n) is 11.0. The largest absolute Gasteiger partial charge is 0.379 e. The summed E-state index contributed by atoms with van der Waals surface area (Å²) < 4.78 is 1.10. The normalized spacial score (nSPS) is 12.2. The summed E-state index contributed by atoms with van der Waals surface area (Å²) in [7, 11) is 0. The van der Waals surface area contributed by atoms with E-state index in [1.807, 2.05) is 0 Å². The Bertz CT molecular complexity index is 511. The molecule has 0 saturated carbocycles. The highest BCUT2D eigenvalue weighted by atomic mass is 79.9. The molecule has 0 radical (unpaired) electrons. The first-order valence-electron chi connectivity index (χ1n) is 6.15. The van der Waals surface area contributed by atoms with E-state index in [9.17, 15) is 0 Å². The quantitative estimate of drug-likeness (QED) is 0.817. The van der Waals surface area contributed by atoms with Crippen LogP contribution in [0.4, 0.5) is 5.69 Å². The molecule has 0 spiro atoms. The molecule has 0 fully saturated rings. The molecule has 2 aromatic rings. The number of hydrogen-bond donors (Lipinski definition) is 1. The summed E-state index contributed by atoms with van der Waals surface area (Å²) >= 11 is 3.45. The lowest BCUT2D eigenvalue weighted by Crippen LogP contribution is -2.07. The topological polar surface area (TPSA) is 12.0 Å². The van der Waals surface area contributed by atoms with Crippen molar-refractivity contribution in [1.29, 1.82) is 0 Å². The van der Waals surface area contributed by atoms with Crippen LogP contribution in [0.5, 0.6) is 0 Å². The Kier molecular flexibility index (Phi) is 4.07. The van der Waals surface area contributed by atoms with Gasteiger partial charge >= 0.3 is 0 Å². The van der Waals surface area contributed by atoms with Crippen LogP contribution in [-0.4, -0.2) is 0 Å². The van der Waals surface area contributed by atoms with Crippen LogP contribution >= 0.6 is 15.9 Å². The van der Waals surface area contributed by atoms with Crippen LogP contribution in [0.1, 0.15) is 29.7 Å². The highest BCUT2D eigenvalue weighted by Crippen LogP contribution is 2.22. The van der Waals surface area contributed by atoms with E-state index >= 15 is 0 Å². The SMILES string of the molecule is Cc1cc(C)cc(C(C)Nc2ccc(Br)cc2)c1. The average molecular weight is 304 g/mol. The predicted octanol–water partition coefficient (Wildman–Crippen LogP) is 5.24. The van der Waals surface area contributed by atoms with Gasteiger partial charge in [0, 0.05) is 16.2 Å². The summed E-state index contributed by atoms with van der Waals surface area (Å²) in [4.78, 5) is 0. The van der Waals surface area contributed by atoms with Gasteiger partial charge < -0.3 is 5.32 Å². The van der Waals surface area contributed by atoms with Crippen molar-refractivity contribution in [3.05, 3.63) is 63.6 Å². The Balaban J connectivity index is 2.16. The van der Waals surface area contributed by atoms with E-state index < -0.39 is 0 Å². The van der Waals surface area contributed by atoms with Gasteiger partial charge in [-0.05, 0) is 50.6 Å². The van der Waals surface area contributed by atoms with Crippen LogP contribution in [0.3, 0.4) is 0 Å². The molecule has 1 nitrogen and oxygen atoms in total. The Morgan fingerprint density at radius 1 is 0.944 bits per heavy atom. The van der Waals surface area contributed by atoms with Crippen molar-refractivity contribution in [1.82, 2.24) is 0 Å². The second-order valence-electron chi connectivity index (χ2n) is 4.79. The molecule has 1 unspecified atom stereocenters. The van der Waals surface area contributed by atoms with Crippen LogP contribution in [0, 0.1) is 13.8 Å².